The van der Waals surface area contributed by atoms with Crippen LogP contribution in [-0.4, -0.2) is 32.7 Å². The SMILES string of the molecule is CCOc1ccc([C@H]2C(C(=O)OC(C)C)=C(C)N=c3s/c(=C/c4cn(Cc5ccc([N+](=O)[O-])cc5)c5ccccc45)c(=O)n32)cc1. The van der Waals surface area contributed by atoms with Gasteiger partial charge in [-0.25, -0.2) is 9.79 Å². The van der Waals surface area contributed by atoms with Crippen molar-refractivity contribution in [3.63, 3.8) is 0 Å². The Hall–Kier alpha value is -5.29. The number of carbonyl (C=O) groups is 1. The van der Waals surface area contributed by atoms with Crippen molar-refractivity contribution in [2.45, 2.75) is 46.4 Å². The van der Waals surface area contributed by atoms with Gasteiger partial charge in [-0.2, -0.15) is 0 Å². The van der Waals surface area contributed by atoms with E-state index in [9.17, 15) is 19.7 Å². The third-order valence-electron chi connectivity index (χ3n) is 7.70. The van der Waals surface area contributed by atoms with E-state index in [2.05, 4.69) is 4.57 Å². The maximum atomic E-state index is 14.2. The van der Waals surface area contributed by atoms with Gasteiger partial charge in [0.05, 0.1) is 39.5 Å². The predicted octanol–water partition coefficient (Wildman–Crippen LogP) is 5.50. The zero-order valence-electron chi connectivity index (χ0n) is 25.8. The lowest BCUT2D eigenvalue weighted by molar-refractivity contribution is -0.384. The summed E-state index contributed by atoms with van der Waals surface area (Å²) < 4.78 is 15.3. The molecule has 0 unspecified atom stereocenters. The van der Waals surface area contributed by atoms with Gasteiger partial charge in [0.25, 0.3) is 11.2 Å². The molecule has 1 aliphatic rings. The Morgan fingerprint density at radius 1 is 1.09 bits per heavy atom. The summed E-state index contributed by atoms with van der Waals surface area (Å²) in [5.41, 5.74) is 4.03. The second kappa shape index (κ2) is 12.6. The van der Waals surface area contributed by atoms with E-state index in [0.29, 0.717) is 39.5 Å². The Bertz CT molecular complexity index is 2170. The van der Waals surface area contributed by atoms with Crippen LogP contribution >= 0.6 is 11.3 Å². The maximum Gasteiger partial charge on any atom is 0.338 e. The van der Waals surface area contributed by atoms with Crippen LogP contribution in [0.15, 0.2) is 100 Å². The molecule has 0 radical (unpaired) electrons. The van der Waals surface area contributed by atoms with Crippen LogP contribution < -0.4 is 19.6 Å². The first-order valence-electron chi connectivity index (χ1n) is 14.9. The summed E-state index contributed by atoms with van der Waals surface area (Å²) >= 11 is 1.27. The third-order valence-corrected chi connectivity index (χ3v) is 8.68. The minimum Gasteiger partial charge on any atom is -0.494 e. The summed E-state index contributed by atoms with van der Waals surface area (Å²) in [7, 11) is 0. The molecule has 0 fully saturated rings. The molecular formula is C35H32N4O6S. The Balaban J connectivity index is 1.46. The van der Waals surface area contributed by atoms with E-state index in [1.807, 2.05) is 67.7 Å². The van der Waals surface area contributed by atoms with Crippen molar-refractivity contribution in [3.8, 4) is 5.75 Å². The summed E-state index contributed by atoms with van der Waals surface area (Å²) in [6.07, 6.45) is 3.49. The largest absolute Gasteiger partial charge is 0.494 e. The molecule has 46 heavy (non-hydrogen) atoms. The summed E-state index contributed by atoms with van der Waals surface area (Å²) in [4.78, 5) is 43.5. The highest BCUT2D eigenvalue weighted by molar-refractivity contribution is 7.07. The number of hydrogen-bond acceptors (Lipinski definition) is 8. The number of benzene rings is 3. The zero-order valence-corrected chi connectivity index (χ0v) is 26.6. The minimum absolute atomic E-state index is 0.0385. The molecule has 0 aliphatic carbocycles. The van der Waals surface area contributed by atoms with Crippen LogP contribution in [0.5, 0.6) is 5.75 Å². The van der Waals surface area contributed by atoms with Crippen LogP contribution in [0.25, 0.3) is 17.0 Å². The fourth-order valence-corrected chi connectivity index (χ4v) is 6.71. The van der Waals surface area contributed by atoms with Crippen molar-refractivity contribution in [1.82, 2.24) is 9.13 Å². The van der Waals surface area contributed by atoms with Gasteiger partial charge in [-0.1, -0.05) is 53.8 Å². The molecule has 11 heteroatoms. The number of hydrogen-bond donors (Lipinski definition) is 0. The summed E-state index contributed by atoms with van der Waals surface area (Å²) in [5.74, 6) is 0.175. The number of ether oxygens (including phenoxy) is 2. The van der Waals surface area contributed by atoms with Crippen molar-refractivity contribution < 1.29 is 19.2 Å². The van der Waals surface area contributed by atoms with E-state index >= 15 is 0 Å². The van der Waals surface area contributed by atoms with Gasteiger partial charge in [0, 0.05) is 41.3 Å². The number of nitro groups is 1. The molecule has 3 heterocycles. The number of fused-ring (bicyclic) bond motifs is 2. The van der Waals surface area contributed by atoms with E-state index in [-0.39, 0.29) is 17.4 Å². The number of thiazole rings is 1. The first kappa shape index (κ1) is 30.7. The number of aromatic nitrogens is 2. The first-order valence-corrected chi connectivity index (χ1v) is 15.7. The fourth-order valence-electron chi connectivity index (χ4n) is 5.67. The predicted molar refractivity (Wildman–Crippen MR) is 177 cm³/mol. The number of carbonyl (C=O) groups excluding carboxylic acids is 1. The lowest BCUT2D eigenvalue weighted by Gasteiger charge is -2.25. The van der Waals surface area contributed by atoms with Gasteiger partial charge in [0.15, 0.2) is 4.80 Å². The Morgan fingerprint density at radius 2 is 1.80 bits per heavy atom. The molecule has 0 spiro atoms. The van der Waals surface area contributed by atoms with Crippen LogP contribution in [0.2, 0.25) is 0 Å². The molecule has 0 N–H and O–H groups in total. The van der Waals surface area contributed by atoms with E-state index in [4.69, 9.17) is 14.5 Å². The molecule has 0 amide bonds. The van der Waals surface area contributed by atoms with E-state index in [1.54, 1.807) is 37.5 Å². The molecule has 3 aromatic carbocycles. The average molecular weight is 637 g/mol. The monoisotopic (exact) mass is 636 g/mol. The minimum atomic E-state index is -0.733. The number of nitro benzene ring substituents is 1. The lowest BCUT2D eigenvalue weighted by atomic mass is 9.96. The standard InChI is InChI=1S/C35H32N4O6S/c1-5-44-27-16-12-24(13-17-27)32-31(34(41)45-21(2)3)22(4)36-35-38(32)33(40)30(46-35)18-25-20-37(29-9-7-6-8-28(25)29)19-23-10-14-26(15-11-23)39(42)43/h6-18,20-21,32H,5,19H2,1-4H3/b30-18+/t32-/m0/s1. The van der Waals surface area contributed by atoms with Gasteiger partial charge < -0.3 is 14.0 Å². The highest BCUT2D eigenvalue weighted by atomic mass is 32.1. The van der Waals surface area contributed by atoms with Crippen molar-refractivity contribution in [2.75, 3.05) is 6.61 Å². The smallest absolute Gasteiger partial charge is 0.338 e. The first-order chi connectivity index (χ1) is 22.1. The van der Waals surface area contributed by atoms with Gasteiger partial charge in [0.2, 0.25) is 0 Å². The van der Waals surface area contributed by atoms with Crippen LogP contribution in [0.4, 0.5) is 5.69 Å². The van der Waals surface area contributed by atoms with Crippen molar-refractivity contribution in [3.05, 3.63) is 137 Å². The second-order valence-corrected chi connectivity index (χ2v) is 12.2. The molecule has 0 saturated carbocycles. The highest BCUT2D eigenvalue weighted by Gasteiger charge is 2.34. The third kappa shape index (κ3) is 5.89. The topological polar surface area (TPSA) is 118 Å². The number of esters is 1. The number of rotatable bonds is 9. The van der Waals surface area contributed by atoms with Gasteiger partial charge in [-0.15, -0.1) is 0 Å². The molecule has 6 rings (SSSR count). The van der Waals surface area contributed by atoms with Crippen molar-refractivity contribution >= 4 is 40.0 Å². The van der Waals surface area contributed by atoms with Gasteiger partial charge in [-0.3, -0.25) is 19.5 Å². The molecule has 2 aromatic heterocycles. The molecular weight excluding hydrogens is 604 g/mol. The van der Waals surface area contributed by atoms with Crippen LogP contribution in [-0.2, 0) is 16.1 Å². The quantitative estimate of drug-likeness (QED) is 0.120. The fraction of sp³-hybridized carbons (Fsp3) is 0.229. The molecule has 1 aliphatic heterocycles. The highest BCUT2D eigenvalue weighted by Crippen LogP contribution is 2.32. The summed E-state index contributed by atoms with van der Waals surface area (Å²) in [6.45, 7) is 8.25. The van der Waals surface area contributed by atoms with Gasteiger partial charge >= 0.3 is 5.97 Å². The maximum absolute atomic E-state index is 14.2. The number of allylic oxidation sites excluding steroid dienone is 1. The van der Waals surface area contributed by atoms with Crippen LogP contribution in [0.3, 0.4) is 0 Å². The van der Waals surface area contributed by atoms with E-state index in [0.717, 1.165) is 27.6 Å². The summed E-state index contributed by atoms with van der Waals surface area (Å²) in [5, 5.41) is 12.1. The molecule has 10 nitrogen and oxygen atoms in total. The number of nitrogens with zero attached hydrogens (tertiary/aromatic N) is 4. The molecule has 5 aromatic rings. The van der Waals surface area contributed by atoms with E-state index in [1.165, 1.54) is 23.5 Å². The molecule has 234 valence electrons. The Kier molecular flexibility index (Phi) is 8.42. The van der Waals surface area contributed by atoms with E-state index < -0.39 is 16.9 Å². The Labute approximate surface area is 268 Å². The van der Waals surface area contributed by atoms with Crippen molar-refractivity contribution in [2.24, 2.45) is 4.99 Å². The van der Waals surface area contributed by atoms with Gasteiger partial charge in [-0.05, 0) is 63.1 Å². The molecule has 1 atom stereocenters. The number of para-hydroxylation sites is 1. The number of non-ortho nitro benzene ring substituents is 1. The zero-order chi connectivity index (χ0) is 32.5. The van der Waals surface area contributed by atoms with Crippen LogP contribution in [0, 0.1) is 10.1 Å². The van der Waals surface area contributed by atoms with Gasteiger partial charge in [0.1, 0.15) is 5.75 Å². The van der Waals surface area contributed by atoms with Crippen molar-refractivity contribution in [1.29, 1.82) is 0 Å². The normalized spacial score (nSPS) is 14.8. The second-order valence-electron chi connectivity index (χ2n) is 11.2. The molecule has 0 bridgehead atoms. The summed E-state index contributed by atoms with van der Waals surface area (Å²) in [6, 6.07) is 21.0. The Morgan fingerprint density at radius 3 is 2.48 bits per heavy atom. The molecule has 0 saturated heterocycles. The lowest BCUT2D eigenvalue weighted by Crippen LogP contribution is -2.40. The van der Waals surface area contributed by atoms with Crippen LogP contribution in [0.1, 0.15) is 50.4 Å². The average Bonchev–Trinajstić information content (AvgIpc) is 3.53.